The molecule has 1 saturated heterocycles. The van der Waals surface area contributed by atoms with Crippen molar-refractivity contribution in [1.29, 1.82) is 0 Å². The van der Waals surface area contributed by atoms with Crippen LogP contribution in [-0.2, 0) is 6.54 Å². The molecule has 0 aliphatic carbocycles. The zero-order chi connectivity index (χ0) is 11.9. The standard InChI is InChI=1S/C13H23N3S.2ClH/c1-2-15(12-13-4-3-11-17-13)9-10-16-7-5-14-6-8-16;;/h3-4,11,14H,2,5-10,12H2,1H3;2*1H. The molecule has 0 aromatic carbocycles. The van der Waals surface area contributed by atoms with Crippen LogP contribution in [0.1, 0.15) is 11.8 Å². The molecule has 0 amide bonds. The topological polar surface area (TPSA) is 18.5 Å². The highest BCUT2D eigenvalue weighted by atomic mass is 35.5. The number of likely N-dealkylation sites (N-methyl/N-ethyl adjacent to an activating group) is 1. The van der Waals surface area contributed by atoms with E-state index in [1.807, 2.05) is 11.3 Å². The van der Waals surface area contributed by atoms with Crippen molar-refractivity contribution in [3.8, 4) is 0 Å². The fraction of sp³-hybridized carbons (Fsp3) is 0.692. The van der Waals surface area contributed by atoms with Crippen molar-refractivity contribution >= 4 is 36.2 Å². The predicted molar refractivity (Wildman–Crippen MR) is 89.1 cm³/mol. The molecule has 3 nitrogen and oxygen atoms in total. The number of nitrogens with one attached hydrogen (secondary N) is 1. The maximum absolute atomic E-state index is 3.40. The van der Waals surface area contributed by atoms with Crippen LogP contribution in [0, 0.1) is 0 Å². The molecule has 6 heteroatoms. The zero-order valence-corrected chi connectivity index (χ0v) is 14.0. The van der Waals surface area contributed by atoms with Gasteiger partial charge in [0.2, 0.25) is 0 Å². The normalized spacial score (nSPS) is 15.9. The van der Waals surface area contributed by atoms with Gasteiger partial charge in [0.05, 0.1) is 0 Å². The van der Waals surface area contributed by atoms with Gasteiger partial charge in [-0.2, -0.15) is 0 Å². The van der Waals surface area contributed by atoms with Crippen molar-refractivity contribution in [3.05, 3.63) is 22.4 Å². The lowest BCUT2D eigenvalue weighted by Gasteiger charge is -2.29. The highest BCUT2D eigenvalue weighted by molar-refractivity contribution is 7.09. The highest BCUT2D eigenvalue weighted by Crippen LogP contribution is 2.11. The van der Waals surface area contributed by atoms with Crippen LogP contribution in [-0.4, -0.2) is 55.6 Å². The Morgan fingerprint density at radius 3 is 2.63 bits per heavy atom. The molecule has 1 aliphatic rings. The summed E-state index contributed by atoms with van der Waals surface area (Å²) in [6, 6.07) is 4.38. The van der Waals surface area contributed by atoms with E-state index in [1.165, 1.54) is 31.1 Å². The largest absolute Gasteiger partial charge is 0.314 e. The summed E-state index contributed by atoms with van der Waals surface area (Å²) in [7, 11) is 0. The van der Waals surface area contributed by atoms with Crippen LogP contribution in [0.5, 0.6) is 0 Å². The third-order valence-electron chi connectivity index (χ3n) is 3.35. The number of piperazine rings is 1. The minimum absolute atomic E-state index is 0. The van der Waals surface area contributed by atoms with E-state index in [1.54, 1.807) is 0 Å². The van der Waals surface area contributed by atoms with Crippen molar-refractivity contribution in [2.45, 2.75) is 13.5 Å². The van der Waals surface area contributed by atoms with E-state index in [-0.39, 0.29) is 24.8 Å². The molecule has 1 fully saturated rings. The van der Waals surface area contributed by atoms with Crippen molar-refractivity contribution < 1.29 is 0 Å². The Kier molecular flexibility index (Phi) is 11.0. The Morgan fingerprint density at radius 2 is 2.05 bits per heavy atom. The Bertz CT molecular complexity index is 303. The van der Waals surface area contributed by atoms with Crippen LogP contribution in [0.25, 0.3) is 0 Å². The van der Waals surface area contributed by atoms with Crippen LogP contribution in [0.2, 0.25) is 0 Å². The summed E-state index contributed by atoms with van der Waals surface area (Å²) < 4.78 is 0. The van der Waals surface area contributed by atoms with Crippen molar-refractivity contribution in [2.24, 2.45) is 0 Å². The van der Waals surface area contributed by atoms with E-state index in [2.05, 4.69) is 39.6 Å². The number of rotatable bonds is 6. The van der Waals surface area contributed by atoms with Crippen LogP contribution >= 0.6 is 36.2 Å². The van der Waals surface area contributed by atoms with Gasteiger partial charge >= 0.3 is 0 Å². The van der Waals surface area contributed by atoms with Gasteiger partial charge in [-0.05, 0) is 18.0 Å². The van der Waals surface area contributed by atoms with Gasteiger partial charge in [0.15, 0.2) is 0 Å². The third kappa shape index (κ3) is 6.93. The first-order valence-corrected chi connectivity index (χ1v) is 7.44. The number of hydrogen-bond acceptors (Lipinski definition) is 4. The SMILES string of the molecule is CCN(CCN1CCNCC1)Cc1cccs1.Cl.Cl. The van der Waals surface area contributed by atoms with E-state index in [0.717, 1.165) is 26.2 Å². The van der Waals surface area contributed by atoms with E-state index < -0.39 is 0 Å². The van der Waals surface area contributed by atoms with E-state index >= 15 is 0 Å². The molecule has 0 radical (unpaired) electrons. The Labute approximate surface area is 133 Å². The molecule has 0 unspecified atom stereocenters. The van der Waals surface area contributed by atoms with Crippen LogP contribution < -0.4 is 5.32 Å². The van der Waals surface area contributed by atoms with Gasteiger partial charge in [-0.3, -0.25) is 9.80 Å². The molecule has 0 saturated carbocycles. The first kappa shape index (κ1) is 19.2. The van der Waals surface area contributed by atoms with E-state index in [9.17, 15) is 0 Å². The number of nitrogens with zero attached hydrogens (tertiary/aromatic N) is 2. The van der Waals surface area contributed by atoms with Gasteiger partial charge in [0.1, 0.15) is 0 Å². The maximum Gasteiger partial charge on any atom is 0.0328 e. The van der Waals surface area contributed by atoms with Crippen LogP contribution in [0.15, 0.2) is 17.5 Å². The second kappa shape index (κ2) is 10.9. The molecular weight excluding hydrogens is 301 g/mol. The summed E-state index contributed by atoms with van der Waals surface area (Å²) in [6.07, 6.45) is 0. The lowest BCUT2D eigenvalue weighted by molar-refractivity contribution is 0.189. The number of halogens is 2. The monoisotopic (exact) mass is 325 g/mol. The van der Waals surface area contributed by atoms with Crippen molar-refractivity contribution in [1.82, 2.24) is 15.1 Å². The molecule has 1 aromatic rings. The fourth-order valence-corrected chi connectivity index (χ4v) is 2.94. The average molecular weight is 326 g/mol. The lowest BCUT2D eigenvalue weighted by atomic mass is 10.3. The first-order valence-electron chi connectivity index (χ1n) is 6.56. The van der Waals surface area contributed by atoms with Crippen LogP contribution in [0.3, 0.4) is 0 Å². The lowest BCUT2D eigenvalue weighted by Crippen LogP contribution is -2.46. The quantitative estimate of drug-likeness (QED) is 0.866. The molecule has 1 aliphatic heterocycles. The van der Waals surface area contributed by atoms with E-state index in [0.29, 0.717) is 0 Å². The summed E-state index contributed by atoms with van der Waals surface area (Å²) in [6.45, 7) is 11.6. The van der Waals surface area contributed by atoms with Crippen molar-refractivity contribution in [2.75, 3.05) is 45.8 Å². The molecule has 0 atom stereocenters. The molecular formula is C13H25Cl2N3S. The van der Waals surface area contributed by atoms with Gasteiger partial charge in [-0.15, -0.1) is 36.2 Å². The maximum atomic E-state index is 3.40. The molecule has 1 aromatic heterocycles. The molecule has 19 heavy (non-hydrogen) atoms. The first-order chi connectivity index (χ1) is 8.38. The second-order valence-corrected chi connectivity index (χ2v) is 5.57. The molecule has 2 heterocycles. The minimum atomic E-state index is 0. The summed E-state index contributed by atoms with van der Waals surface area (Å²) in [5.41, 5.74) is 0. The third-order valence-corrected chi connectivity index (χ3v) is 4.21. The Hall–Kier alpha value is 0.160. The molecule has 1 N–H and O–H groups in total. The second-order valence-electron chi connectivity index (χ2n) is 4.54. The van der Waals surface area contributed by atoms with Gasteiger partial charge in [-0.1, -0.05) is 13.0 Å². The Balaban J connectivity index is 0.00000162. The Morgan fingerprint density at radius 1 is 1.32 bits per heavy atom. The molecule has 2 rings (SSSR count). The van der Waals surface area contributed by atoms with E-state index in [4.69, 9.17) is 0 Å². The predicted octanol–water partition coefficient (Wildman–Crippen LogP) is 2.32. The zero-order valence-electron chi connectivity index (χ0n) is 11.5. The number of thiophene rings is 1. The molecule has 0 spiro atoms. The molecule has 112 valence electrons. The fourth-order valence-electron chi connectivity index (χ4n) is 2.19. The van der Waals surface area contributed by atoms with Crippen LogP contribution in [0.4, 0.5) is 0 Å². The van der Waals surface area contributed by atoms with Gasteiger partial charge in [0.25, 0.3) is 0 Å². The number of hydrogen-bond donors (Lipinski definition) is 1. The van der Waals surface area contributed by atoms with Gasteiger partial charge in [-0.25, -0.2) is 0 Å². The smallest absolute Gasteiger partial charge is 0.0328 e. The average Bonchev–Trinajstić information content (AvgIpc) is 2.88. The highest BCUT2D eigenvalue weighted by Gasteiger charge is 2.11. The molecule has 0 bridgehead atoms. The van der Waals surface area contributed by atoms with Crippen molar-refractivity contribution in [3.63, 3.8) is 0 Å². The van der Waals surface area contributed by atoms with Gasteiger partial charge in [0, 0.05) is 50.7 Å². The summed E-state index contributed by atoms with van der Waals surface area (Å²) >= 11 is 1.86. The summed E-state index contributed by atoms with van der Waals surface area (Å²) in [5, 5.41) is 5.57. The summed E-state index contributed by atoms with van der Waals surface area (Å²) in [5.74, 6) is 0. The summed E-state index contributed by atoms with van der Waals surface area (Å²) in [4.78, 5) is 6.58. The minimum Gasteiger partial charge on any atom is -0.314 e. The van der Waals surface area contributed by atoms with Gasteiger partial charge < -0.3 is 5.32 Å².